The van der Waals surface area contributed by atoms with E-state index in [-0.39, 0.29) is 12.1 Å². The van der Waals surface area contributed by atoms with Gasteiger partial charge in [0.1, 0.15) is 5.60 Å². The molecule has 1 heterocycles. The molecule has 0 bridgehead atoms. The van der Waals surface area contributed by atoms with Crippen LogP contribution in [0.5, 0.6) is 0 Å². The van der Waals surface area contributed by atoms with E-state index in [1.807, 2.05) is 20.8 Å². The molecule has 2 N–H and O–H groups in total. The smallest absolute Gasteiger partial charge is 0.410 e. The summed E-state index contributed by atoms with van der Waals surface area (Å²) >= 11 is 0. The quantitative estimate of drug-likeness (QED) is 0.865. The largest absolute Gasteiger partial charge is 0.444 e. The Morgan fingerprint density at radius 3 is 2.67 bits per heavy atom. The van der Waals surface area contributed by atoms with E-state index in [4.69, 9.17) is 10.5 Å². The molecule has 2 rings (SSSR count). The van der Waals surface area contributed by atoms with Crippen LogP contribution in [0, 0.1) is 6.92 Å². The summed E-state index contributed by atoms with van der Waals surface area (Å²) in [6.45, 7) is 8.97. The highest BCUT2D eigenvalue weighted by molar-refractivity contribution is 5.68. The van der Waals surface area contributed by atoms with E-state index in [2.05, 4.69) is 31.2 Å². The molecule has 1 aromatic carbocycles. The van der Waals surface area contributed by atoms with E-state index < -0.39 is 5.60 Å². The number of nitrogens with two attached hydrogens (primary N) is 1. The number of likely N-dealkylation sites (tertiary alicyclic amines) is 1. The van der Waals surface area contributed by atoms with Gasteiger partial charge in [-0.15, -0.1) is 0 Å². The molecule has 0 saturated carbocycles. The summed E-state index contributed by atoms with van der Waals surface area (Å²) in [5.74, 6) is 0.309. The summed E-state index contributed by atoms with van der Waals surface area (Å²) in [6, 6.07) is 8.42. The van der Waals surface area contributed by atoms with E-state index in [1.165, 1.54) is 11.1 Å². The summed E-state index contributed by atoms with van der Waals surface area (Å²) in [5, 5.41) is 0. The van der Waals surface area contributed by atoms with Crippen LogP contribution in [0.2, 0.25) is 0 Å². The maximum Gasteiger partial charge on any atom is 0.410 e. The van der Waals surface area contributed by atoms with Gasteiger partial charge in [0, 0.05) is 25.0 Å². The van der Waals surface area contributed by atoms with E-state index in [0.29, 0.717) is 19.0 Å². The van der Waals surface area contributed by atoms with Crippen LogP contribution in [0.3, 0.4) is 0 Å². The number of piperidine rings is 1. The second-order valence-corrected chi connectivity index (χ2v) is 6.90. The zero-order valence-corrected chi connectivity index (χ0v) is 13.4. The minimum atomic E-state index is -0.464. The lowest BCUT2D eigenvalue weighted by Crippen LogP contribution is -2.50. The van der Waals surface area contributed by atoms with Gasteiger partial charge < -0.3 is 15.4 Å². The topological polar surface area (TPSA) is 55.6 Å². The van der Waals surface area contributed by atoms with Gasteiger partial charge in [0.05, 0.1) is 0 Å². The van der Waals surface area contributed by atoms with Gasteiger partial charge in [-0.05, 0) is 39.7 Å². The molecular weight excluding hydrogens is 264 g/mol. The van der Waals surface area contributed by atoms with Crippen molar-refractivity contribution < 1.29 is 9.53 Å². The van der Waals surface area contributed by atoms with Gasteiger partial charge in [-0.3, -0.25) is 0 Å². The van der Waals surface area contributed by atoms with Crippen LogP contribution in [0.25, 0.3) is 0 Å². The molecule has 0 spiro atoms. The molecule has 1 saturated heterocycles. The first-order valence-electron chi connectivity index (χ1n) is 7.56. The van der Waals surface area contributed by atoms with Gasteiger partial charge in [-0.25, -0.2) is 4.79 Å². The third kappa shape index (κ3) is 4.21. The molecule has 0 aliphatic carbocycles. The average molecular weight is 290 g/mol. The van der Waals surface area contributed by atoms with Gasteiger partial charge in [-0.1, -0.05) is 29.8 Å². The van der Waals surface area contributed by atoms with Crippen LogP contribution in [0.4, 0.5) is 4.79 Å². The Hall–Kier alpha value is -1.55. The summed E-state index contributed by atoms with van der Waals surface area (Å²) in [5.41, 5.74) is 8.35. The lowest BCUT2D eigenvalue weighted by Gasteiger charge is -2.37. The van der Waals surface area contributed by atoms with Crippen LogP contribution < -0.4 is 5.73 Å². The van der Waals surface area contributed by atoms with Crippen LogP contribution in [-0.2, 0) is 4.74 Å². The highest BCUT2D eigenvalue weighted by Gasteiger charge is 2.32. The van der Waals surface area contributed by atoms with Crippen molar-refractivity contribution in [3.63, 3.8) is 0 Å². The van der Waals surface area contributed by atoms with E-state index >= 15 is 0 Å². The Labute approximate surface area is 127 Å². The van der Waals surface area contributed by atoms with Crippen molar-refractivity contribution >= 4 is 6.09 Å². The maximum atomic E-state index is 12.1. The number of aryl methyl sites for hydroxylation is 1. The molecule has 0 unspecified atom stereocenters. The Kier molecular flexibility index (Phi) is 4.57. The minimum absolute atomic E-state index is 0.0481. The summed E-state index contributed by atoms with van der Waals surface area (Å²) < 4.78 is 5.42. The number of nitrogens with zero attached hydrogens (tertiary/aromatic N) is 1. The fourth-order valence-corrected chi connectivity index (χ4v) is 2.79. The highest BCUT2D eigenvalue weighted by atomic mass is 16.6. The van der Waals surface area contributed by atoms with Gasteiger partial charge in [-0.2, -0.15) is 0 Å². The monoisotopic (exact) mass is 290 g/mol. The number of amides is 1. The lowest BCUT2D eigenvalue weighted by atomic mass is 9.85. The second-order valence-electron chi connectivity index (χ2n) is 6.90. The van der Waals surface area contributed by atoms with E-state index in [1.54, 1.807) is 4.90 Å². The van der Waals surface area contributed by atoms with Crippen LogP contribution in [-0.4, -0.2) is 35.7 Å². The molecule has 116 valence electrons. The lowest BCUT2D eigenvalue weighted by molar-refractivity contribution is 0.0186. The molecule has 4 nitrogen and oxygen atoms in total. The number of carbonyl (C=O) groups is 1. The normalized spacial score (nSPS) is 23.0. The molecule has 1 fully saturated rings. The Bertz CT molecular complexity index is 508. The van der Waals surface area contributed by atoms with Crippen LogP contribution >= 0.6 is 0 Å². The first kappa shape index (κ1) is 15.8. The van der Waals surface area contributed by atoms with Crippen molar-refractivity contribution in [2.75, 3.05) is 13.1 Å². The maximum absolute atomic E-state index is 12.1. The van der Waals surface area contributed by atoms with Gasteiger partial charge in [0.2, 0.25) is 0 Å². The van der Waals surface area contributed by atoms with Gasteiger partial charge >= 0.3 is 6.09 Å². The molecule has 0 aromatic heterocycles. The summed E-state index contributed by atoms with van der Waals surface area (Å²) in [6.07, 6.45) is 0.616. The SMILES string of the molecule is Cc1cccc([C@@H]2CCN(C(=O)OC(C)(C)C)C[C@H]2N)c1. The Morgan fingerprint density at radius 1 is 1.38 bits per heavy atom. The van der Waals surface area contributed by atoms with E-state index in [0.717, 1.165) is 6.42 Å². The number of hydrogen-bond acceptors (Lipinski definition) is 3. The number of ether oxygens (including phenoxy) is 1. The first-order valence-corrected chi connectivity index (χ1v) is 7.56. The van der Waals surface area contributed by atoms with Crippen molar-refractivity contribution in [3.8, 4) is 0 Å². The van der Waals surface area contributed by atoms with Gasteiger partial charge in [0.25, 0.3) is 0 Å². The molecule has 0 radical (unpaired) electrons. The molecule has 1 aliphatic heterocycles. The predicted octanol–water partition coefficient (Wildman–Crippen LogP) is 3.05. The third-order valence-electron chi connectivity index (χ3n) is 3.78. The van der Waals surface area contributed by atoms with Crippen molar-refractivity contribution in [3.05, 3.63) is 35.4 Å². The number of benzene rings is 1. The Morgan fingerprint density at radius 2 is 2.10 bits per heavy atom. The summed E-state index contributed by atoms with van der Waals surface area (Å²) in [4.78, 5) is 13.8. The molecule has 1 aliphatic rings. The Balaban J connectivity index is 2.01. The van der Waals surface area contributed by atoms with Gasteiger partial charge in [0.15, 0.2) is 0 Å². The summed E-state index contributed by atoms with van der Waals surface area (Å²) in [7, 11) is 0. The van der Waals surface area contributed by atoms with Crippen molar-refractivity contribution in [1.29, 1.82) is 0 Å². The molecular formula is C17H26N2O2. The molecule has 1 amide bonds. The molecule has 2 atom stereocenters. The number of rotatable bonds is 1. The van der Waals surface area contributed by atoms with Crippen molar-refractivity contribution in [2.24, 2.45) is 5.73 Å². The van der Waals surface area contributed by atoms with Crippen LogP contribution in [0.15, 0.2) is 24.3 Å². The number of carbonyl (C=O) groups excluding carboxylic acids is 1. The molecule has 4 heteroatoms. The molecule has 21 heavy (non-hydrogen) atoms. The molecule has 1 aromatic rings. The van der Waals surface area contributed by atoms with Crippen LogP contribution in [0.1, 0.15) is 44.2 Å². The fraction of sp³-hybridized carbons (Fsp3) is 0.588. The predicted molar refractivity (Wildman–Crippen MR) is 84.3 cm³/mol. The zero-order valence-electron chi connectivity index (χ0n) is 13.4. The third-order valence-corrected chi connectivity index (χ3v) is 3.78. The highest BCUT2D eigenvalue weighted by Crippen LogP contribution is 2.28. The van der Waals surface area contributed by atoms with E-state index in [9.17, 15) is 4.79 Å². The van der Waals surface area contributed by atoms with Crippen molar-refractivity contribution in [2.45, 2.75) is 51.7 Å². The zero-order chi connectivity index (χ0) is 15.6. The first-order chi connectivity index (χ1) is 9.76. The number of hydrogen-bond donors (Lipinski definition) is 1. The standard InChI is InChI=1S/C17H26N2O2/c1-12-6-5-7-13(10-12)14-8-9-19(11-15(14)18)16(20)21-17(2,3)4/h5-7,10,14-15H,8-9,11,18H2,1-4H3/t14-,15+/m0/s1. The fourth-order valence-electron chi connectivity index (χ4n) is 2.79. The minimum Gasteiger partial charge on any atom is -0.444 e. The van der Waals surface area contributed by atoms with Crippen molar-refractivity contribution in [1.82, 2.24) is 4.90 Å². The second kappa shape index (κ2) is 6.06. The average Bonchev–Trinajstić information content (AvgIpc) is 2.36.